The first kappa shape index (κ1) is 28.3. The van der Waals surface area contributed by atoms with Crippen LogP contribution in [0.2, 0.25) is 0 Å². The first-order valence-corrected chi connectivity index (χ1v) is 10.2. The molecule has 0 atom stereocenters. The maximum atomic E-state index is 11.2. The third kappa shape index (κ3) is 15.2. The Labute approximate surface area is 191 Å². The lowest BCUT2D eigenvalue weighted by Gasteiger charge is -1.91. The molecule has 0 aromatic carbocycles. The summed E-state index contributed by atoms with van der Waals surface area (Å²) >= 11 is 0. The second-order valence-electron chi connectivity index (χ2n) is 7.25. The Hall–Kier alpha value is -3.66. The van der Waals surface area contributed by atoms with Gasteiger partial charge in [0.05, 0.1) is 0 Å². The molecule has 0 aliphatic carbocycles. The summed E-state index contributed by atoms with van der Waals surface area (Å²) in [6.45, 7) is 10.2. The molecule has 0 aliphatic heterocycles. The average molecular weight is 433 g/mol. The molecule has 0 N–H and O–H groups in total. The molecule has 0 heterocycles. The smallest absolute Gasteiger partial charge is 0.221 e. The second-order valence-corrected chi connectivity index (χ2v) is 7.25. The van der Waals surface area contributed by atoms with Gasteiger partial charge in [-0.15, -0.1) is 0 Å². The summed E-state index contributed by atoms with van der Waals surface area (Å²) in [6, 6.07) is 0. The van der Waals surface area contributed by atoms with E-state index in [0.29, 0.717) is 0 Å². The Morgan fingerprint density at radius 1 is 0.375 bits per heavy atom. The topological polar surface area (TPSA) is 68.3 Å². The molecule has 4 heteroatoms. The highest BCUT2D eigenvalue weighted by Crippen LogP contribution is 2.02. The summed E-state index contributed by atoms with van der Waals surface area (Å²) in [4.78, 5) is 44.3. The second kappa shape index (κ2) is 16.1. The van der Waals surface area contributed by atoms with Gasteiger partial charge in [0, 0.05) is 13.8 Å². The lowest BCUT2D eigenvalue weighted by atomic mass is 10.2. The van der Waals surface area contributed by atoms with Gasteiger partial charge in [0.1, 0.15) is 0 Å². The molecule has 0 rings (SSSR count). The van der Waals surface area contributed by atoms with E-state index in [1.165, 1.54) is 26.0 Å². The maximum Gasteiger partial charge on any atom is 0.221 e. The molecular formula is C28H32O4. The van der Waals surface area contributed by atoms with Gasteiger partial charge in [0.25, 0.3) is 0 Å². The van der Waals surface area contributed by atoms with Gasteiger partial charge >= 0.3 is 0 Å². The fraction of sp³-hybridized carbons (Fsp3) is 0.214. The van der Waals surface area contributed by atoms with Crippen molar-refractivity contribution < 1.29 is 19.2 Å². The van der Waals surface area contributed by atoms with Crippen molar-refractivity contribution in [2.75, 3.05) is 0 Å². The summed E-state index contributed by atoms with van der Waals surface area (Å²) in [5.74, 6) is -1.97. The Morgan fingerprint density at radius 2 is 0.656 bits per heavy atom. The van der Waals surface area contributed by atoms with E-state index in [4.69, 9.17) is 0 Å². The summed E-state index contributed by atoms with van der Waals surface area (Å²) in [6.07, 6.45) is 25.0. The summed E-state index contributed by atoms with van der Waals surface area (Å²) in [5, 5.41) is 0. The first-order chi connectivity index (χ1) is 15.0. The van der Waals surface area contributed by atoms with E-state index in [0.717, 1.165) is 22.3 Å². The molecule has 4 nitrogen and oxygen atoms in total. The minimum Gasteiger partial charge on any atom is -0.291 e. The van der Waals surface area contributed by atoms with Crippen LogP contribution in [0.1, 0.15) is 41.5 Å². The molecule has 0 fully saturated rings. The minimum atomic E-state index is -0.509. The highest BCUT2D eigenvalue weighted by Gasteiger charge is 2.01. The Bertz CT molecular complexity index is 904. The van der Waals surface area contributed by atoms with Crippen molar-refractivity contribution in [2.24, 2.45) is 0 Å². The number of hydrogen-bond acceptors (Lipinski definition) is 4. The SMILES string of the molecule is CC(=O)C(=O)C=CC(C)=CC=CC(C)=CC=CC=C(C)C=CC=C(C)C=CC(=O)C(C)=O. The van der Waals surface area contributed by atoms with E-state index in [1.807, 2.05) is 88.5 Å². The van der Waals surface area contributed by atoms with Crippen molar-refractivity contribution in [2.45, 2.75) is 41.5 Å². The van der Waals surface area contributed by atoms with E-state index in [1.54, 1.807) is 12.2 Å². The van der Waals surface area contributed by atoms with Crippen LogP contribution < -0.4 is 0 Å². The van der Waals surface area contributed by atoms with Crippen LogP contribution in [0.15, 0.2) is 107 Å². The lowest BCUT2D eigenvalue weighted by molar-refractivity contribution is -0.132. The molecule has 0 aromatic rings. The fourth-order valence-electron chi connectivity index (χ4n) is 1.99. The third-order valence-electron chi connectivity index (χ3n) is 3.95. The number of hydrogen-bond donors (Lipinski definition) is 0. The van der Waals surface area contributed by atoms with E-state index < -0.39 is 23.1 Å². The molecular weight excluding hydrogens is 400 g/mol. The van der Waals surface area contributed by atoms with Crippen LogP contribution in [-0.2, 0) is 19.2 Å². The Balaban J connectivity index is 4.76. The number of carbonyl (C=O) groups excluding carboxylic acids is 4. The lowest BCUT2D eigenvalue weighted by Crippen LogP contribution is -2.04. The number of Topliss-reactive ketones (excluding diaryl/α,β-unsaturated/α-hetero) is 2. The molecule has 0 aliphatic rings. The van der Waals surface area contributed by atoms with Crippen LogP contribution in [0.4, 0.5) is 0 Å². The van der Waals surface area contributed by atoms with Crippen molar-refractivity contribution in [1.82, 2.24) is 0 Å². The van der Waals surface area contributed by atoms with Gasteiger partial charge in [-0.05, 0) is 39.8 Å². The molecule has 32 heavy (non-hydrogen) atoms. The van der Waals surface area contributed by atoms with Crippen molar-refractivity contribution in [3.8, 4) is 0 Å². The predicted molar refractivity (Wildman–Crippen MR) is 132 cm³/mol. The van der Waals surface area contributed by atoms with Gasteiger partial charge in [-0.2, -0.15) is 0 Å². The van der Waals surface area contributed by atoms with Gasteiger partial charge in [-0.25, -0.2) is 0 Å². The van der Waals surface area contributed by atoms with Gasteiger partial charge in [0.15, 0.2) is 11.6 Å². The number of allylic oxidation sites excluding steroid dienone is 18. The maximum absolute atomic E-state index is 11.2. The normalized spacial score (nSPS) is 14.6. The Morgan fingerprint density at radius 3 is 0.969 bits per heavy atom. The van der Waals surface area contributed by atoms with Gasteiger partial charge in [0.2, 0.25) is 11.6 Å². The summed E-state index contributed by atoms with van der Waals surface area (Å²) < 4.78 is 0. The third-order valence-corrected chi connectivity index (χ3v) is 3.95. The fourth-order valence-corrected chi connectivity index (χ4v) is 1.99. The molecule has 0 saturated heterocycles. The standard InChI is InChI=1S/C28H32O4/c1-21(13-9-15-23(3)17-19-27(31)25(5)29)11-7-8-12-22(2)14-10-16-24(4)18-20-28(32)26(6)30/h7-20H,1-6H3. The monoisotopic (exact) mass is 432 g/mol. The van der Waals surface area contributed by atoms with Crippen LogP contribution in [0.3, 0.4) is 0 Å². The van der Waals surface area contributed by atoms with Gasteiger partial charge < -0.3 is 0 Å². The molecule has 168 valence electrons. The Kier molecular flexibility index (Phi) is 14.2. The summed E-state index contributed by atoms with van der Waals surface area (Å²) in [7, 11) is 0. The summed E-state index contributed by atoms with van der Waals surface area (Å²) in [5.41, 5.74) is 3.85. The van der Waals surface area contributed by atoms with E-state index in [-0.39, 0.29) is 0 Å². The molecule has 0 aromatic heterocycles. The van der Waals surface area contributed by atoms with Crippen LogP contribution in [0, 0.1) is 0 Å². The molecule has 0 saturated carbocycles. The number of ketones is 4. The quantitative estimate of drug-likeness (QED) is 0.220. The zero-order valence-corrected chi connectivity index (χ0v) is 19.7. The van der Waals surface area contributed by atoms with E-state index >= 15 is 0 Å². The largest absolute Gasteiger partial charge is 0.291 e. The van der Waals surface area contributed by atoms with Crippen LogP contribution in [-0.4, -0.2) is 23.1 Å². The first-order valence-electron chi connectivity index (χ1n) is 10.2. The highest BCUT2D eigenvalue weighted by molar-refractivity contribution is 6.41. The van der Waals surface area contributed by atoms with Crippen molar-refractivity contribution in [1.29, 1.82) is 0 Å². The zero-order valence-electron chi connectivity index (χ0n) is 19.7. The van der Waals surface area contributed by atoms with Crippen molar-refractivity contribution >= 4 is 23.1 Å². The number of rotatable bonds is 12. The van der Waals surface area contributed by atoms with Crippen LogP contribution >= 0.6 is 0 Å². The van der Waals surface area contributed by atoms with Crippen molar-refractivity contribution in [3.63, 3.8) is 0 Å². The molecule has 0 spiro atoms. The molecule has 0 unspecified atom stereocenters. The molecule has 0 radical (unpaired) electrons. The average Bonchev–Trinajstić information content (AvgIpc) is 2.73. The zero-order chi connectivity index (χ0) is 24.5. The van der Waals surface area contributed by atoms with E-state index in [2.05, 4.69) is 0 Å². The molecule has 0 amide bonds. The predicted octanol–water partition coefficient (Wildman–Crippen LogP) is 5.87. The highest BCUT2D eigenvalue weighted by atomic mass is 16.2. The molecule has 0 bridgehead atoms. The van der Waals surface area contributed by atoms with Crippen molar-refractivity contribution in [3.05, 3.63) is 107 Å². The van der Waals surface area contributed by atoms with Crippen LogP contribution in [0.25, 0.3) is 0 Å². The van der Waals surface area contributed by atoms with Gasteiger partial charge in [-0.1, -0.05) is 95.2 Å². The minimum absolute atomic E-state index is 0.475. The van der Waals surface area contributed by atoms with E-state index in [9.17, 15) is 19.2 Å². The van der Waals surface area contributed by atoms with Gasteiger partial charge in [-0.3, -0.25) is 19.2 Å². The number of carbonyl (C=O) groups is 4. The van der Waals surface area contributed by atoms with Crippen LogP contribution in [0.5, 0.6) is 0 Å².